The Hall–Kier alpha value is -0.730. The summed E-state index contributed by atoms with van der Waals surface area (Å²) >= 11 is 6.51. The van der Waals surface area contributed by atoms with Crippen molar-refractivity contribution >= 4 is 17.3 Å². The number of para-hydroxylation sites is 1. The van der Waals surface area contributed by atoms with Crippen LogP contribution < -0.4 is 10.2 Å². The van der Waals surface area contributed by atoms with Crippen molar-refractivity contribution in [2.45, 2.75) is 59.5 Å². The molecular weight excluding hydrogens is 268 g/mol. The Morgan fingerprint density at radius 1 is 1.25 bits per heavy atom. The number of nitrogens with one attached hydrogen (secondary N) is 1. The summed E-state index contributed by atoms with van der Waals surface area (Å²) in [5.74, 6) is 0. The van der Waals surface area contributed by atoms with Crippen molar-refractivity contribution in [3.05, 3.63) is 28.8 Å². The lowest BCUT2D eigenvalue weighted by Gasteiger charge is -2.33. The van der Waals surface area contributed by atoms with Crippen LogP contribution in [0, 0.1) is 0 Å². The highest BCUT2D eigenvalue weighted by atomic mass is 35.5. The first-order valence-corrected chi connectivity index (χ1v) is 8.28. The largest absolute Gasteiger partial charge is 0.367 e. The van der Waals surface area contributed by atoms with Gasteiger partial charge in [-0.3, -0.25) is 0 Å². The van der Waals surface area contributed by atoms with Gasteiger partial charge in [0.2, 0.25) is 0 Å². The Labute approximate surface area is 129 Å². The van der Waals surface area contributed by atoms with Crippen LogP contribution in [0.4, 0.5) is 5.69 Å². The zero-order valence-electron chi connectivity index (χ0n) is 13.4. The number of anilines is 1. The van der Waals surface area contributed by atoms with Crippen molar-refractivity contribution in [1.29, 1.82) is 0 Å². The van der Waals surface area contributed by atoms with Crippen molar-refractivity contribution in [3.63, 3.8) is 0 Å². The first kappa shape index (κ1) is 17.3. The fourth-order valence-corrected chi connectivity index (χ4v) is 2.69. The van der Waals surface area contributed by atoms with E-state index in [2.05, 4.69) is 44.0 Å². The highest BCUT2D eigenvalue weighted by Gasteiger charge is 2.18. The smallest absolute Gasteiger partial charge is 0.0643 e. The normalized spacial score (nSPS) is 12.4. The van der Waals surface area contributed by atoms with E-state index in [9.17, 15) is 0 Å². The molecule has 1 aromatic rings. The predicted octanol–water partition coefficient (Wildman–Crippen LogP) is 4.85. The van der Waals surface area contributed by atoms with Crippen molar-refractivity contribution in [2.24, 2.45) is 0 Å². The number of nitrogens with zero attached hydrogens (tertiary/aromatic N) is 1. The van der Waals surface area contributed by atoms with Gasteiger partial charge in [-0.1, -0.05) is 50.9 Å². The third kappa shape index (κ3) is 4.68. The van der Waals surface area contributed by atoms with E-state index in [0.29, 0.717) is 6.04 Å². The summed E-state index contributed by atoms with van der Waals surface area (Å²) in [5.41, 5.74) is 2.52. The monoisotopic (exact) mass is 296 g/mol. The molecule has 0 aliphatic heterocycles. The summed E-state index contributed by atoms with van der Waals surface area (Å²) in [7, 11) is 0. The summed E-state index contributed by atoms with van der Waals surface area (Å²) in [5, 5.41) is 4.29. The van der Waals surface area contributed by atoms with E-state index in [0.717, 1.165) is 31.1 Å². The summed E-state index contributed by atoms with van der Waals surface area (Å²) in [6.07, 6.45) is 3.55. The molecule has 0 aromatic heterocycles. The molecule has 0 saturated carbocycles. The maximum Gasteiger partial charge on any atom is 0.0643 e. The lowest BCUT2D eigenvalue weighted by molar-refractivity contribution is 0.591. The lowest BCUT2D eigenvalue weighted by Crippen LogP contribution is -2.35. The van der Waals surface area contributed by atoms with Gasteiger partial charge in [-0.15, -0.1) is 0 Å². The maximum atomic E-state index is 6.51. The molecule has 0 radical (unpaired) electrons. The first-order valence-electron chi connectivity index (χ1n) is 7.90. The van der Waals surface area contributed by atoms with E-state index < -0.39 is 0 Å². The topological polar surface area (TPSA) is 15.3 Å². The molecule has 0 bridgehead atoms. The second-order valence-electron chi connectivity index (χ2n) is 5.33. The Balaban J connectivity index is 3.08. The van der Waals surface area contributed by atoms with Crippen LogP contribution in [0.2, 0.25) is 5.02 Å². The Morgan fingerprint density at radius 2 is 2.00 bits per heavy atom. The Bertz CT molecular complexity index is 393. The minimum atomic E-state index is 0.516. The van der Waals surface area contributed by atoms with Gasteiger partial charge in [0.15, 0.2) is 0 Å². The third-order valence-corrected chi connectivity index (χ3v) is 4.10. The molecule has 0 amide bonds. The molecule has 2 nitrogen and oxygen atoms in total. The average molecular weight is 297 g/mol. The van der Waals surface area contributed by atoms with E-state index >= 15 is 0 Å². The number of rotatable bonds is 9. The van der Waals surface area contributed by atoms with Gasteiger partial charge in [0.05, 0.1) is 10.7 Å². The second kappa shape index (κ2) is 9.25. The fraction of sp³-hybridized carbons (Fsp3) is 0.647. The Morgan fingerprint density at radius 3 is 2.60 bits per heavy atom. The van der Waals surface area contributed by atoms with Crippen molar-refractivity contribution in [3.8, 4) is 0 Å². The maximum absolute atomic E-state index is 6.51. The van der Waals surface area contributed by atoms with Gasteiger partial charge in [-0.05, 0) is 37.9 Å². The molecule has 1 rings (SSSR count). The summed E-state index contributed by atoms with van der Waals surface area (Å²) < 4.78 is 0. The van der Waals surface area contributed by atoms with E-state index in [-0.39, 0.29) is 0 Å². The molecule has 1 unspecified atom stereocenters. The van der Waals surface area contributed by atoms with E-state index in [4.69, 9.17) is 11.6 Å². The number of benzene rings is 1. The minimum Gasteiger partial charge on any atom is -0.367 e. The van der Waals surface area contributed by atoms with E-state index in [1.165, 1.54) is 24.1 Å². The van der Waals surface area contributed by atoms with Gasteiger partial charge in [0.25, 0.3) is 0 Å². The van der Waals surface area contributed by atoms with Crippen LogP contribution in [-0.2, 0) is 6.54 Å². The zero-order valence-corrected chi connectivity index (χ0v) is 14.1. The molecule has 114 valence electrons. The predicted molar refractivity (Wildman–Crippen MR) is 90.8 cm³/mol. The molecule has 0 aliphatic rings. The standard InChI is InChI=1S/C17H29ClN2/c1-5-8-12-20(14(4)6-2)17-15(13-19-7-3)10-9-11-16(17)18/h9-11,14,19H,5-8,12-13H2,1-4H3. The number of halogens is 1. The van der Waals surface area contributed by atoms with Gasteiger partial charge in [-0.25, -0.2) is 0 Å². The third-order valence-electron chi connectivity index (χ3n) is 3.80. The molecule has 3 heteroatoms. The number of hydrogen-bond acceptors (Lipinski definition) is 2. The molecule has 20 heavy (non-hydrogen) atoms. The SMILES string of the molecule is CCCCN(c1c(Cl)cccc1CNCC)C(C)CC. The molecule has 0 spiro atoms. The molecule has 1 aromatic carbocycles. The van der Waals surface area contributed by atoms with Crippen LogP contribution >= 0.6 is 11.6 Å². The van der Waals surface area contributed by atoms with Crippen LogP contribution in [0.1, 0.15) is 52.5 Å². The van der Waals surface area contributed by atoms with Gasteiger partial charge in [0, 0.05) is 19.1 Å². The van der Waals surface area contributed by atoms with Crippen LogP contribution in [-0.4, -0.2) is 19.1 Å². The molecule has 1 atom stereocenters. The Kier molecular flexibility index (Phi) is 8.01. The van der Waals surface area contributed by atoms with E-state index in [1.54, 1.807) is 0 Å². The highest BCUT2D eigenvalue weighted by Crippen LogP contribution is 2.32. The van der Waals surface area contributed by atoms with E-state index in [1.807, 2.05) is 12.1 Å². The summed E-state index contributed by atoms with van der Waals surface area (Å²) in [4.78, 5) is 2.48. The van der Waals surface area contributed by atoms with Gasteiger partial charge in [-0.2, -0.15) is 0 Å². The second-order valence-corrected chi connectivity index (χ2v) is 5.74. The van der Waals surface area contributed by atoms with Crippen LogP contribution in [0.5, 0.6) is 0 Å². The van der Waals surface area contributed by atoms with Crippen molar-refractivity contribution in [1.82, 2.24) is 5.32 Å². The lowest BCUT2D eigenvalue weighted by atomic mass is 10.1. The highest BCUT2D eigenvalue weighted by molar-refractivity contribution is 6.33. The molecule has 0 fully saturated rings. The molecule has 0 aliphatic carbocycles. The minimum absolute atomic E-state index is 0.516. The van der Waals surface area contributed by atoms with Crippen LogP contribution in [0.25, 0.3) is 0 Å². The van der Waals surface area contributed by atoms with Gasteiger partial charge >= 0.3 is 0 Å². The molecule has 0 heterocycles. The van der Waals surface area contributed by atoms with Crippen LogP contribution in [0.3, 0.4) is 0 Å². The summed E-state index contributed by atoms with van der Waals surface area (Å²) in [6, 6.07) is 6.76. The fourth-order valence-electron chi connectivity index (χ4n) is 2.39. The summed E-state index contributed by atoms with van der Waals surface area (Å²) in [6.45, 7) is 11.8. The molecule has 0 saturated heterocycles. The average Bonchev–Trinajstić information content (AvgIpc) is 2.46. The number of unbranched alkanes of at least 4 members (excludes halogenated alkanes) is 1. The number of hydrogen-bond donors (Lipinski definition) is 1. The quantitative estimate of drug-likeness (QED) is 0.700. The van der Waals surface area contributed by atoms with Crippen molar-refractivity contribution in [2.75, 3.05) is 18.0 Å². The van der Waals surface area contributed by atoms with Crippen LogP contribution in [0.15, 0.2) is 18.2 Å². The van der Waals surface area contributed by atoms with Gasteiger partial charge in [0.1, 0.15) is 0 Å². The van der Waals surface area contributed by atoms with Gasteiger partial charge < -0.3 is 10.2 Å². The van der Waals surface area contributed by atoms with Crippen molar-refractivity contribution < 1.29 is 0 Å². The first-order chi connectivity index (χ1) is 9.65. The molecule has 1 N–H and O–H groups in total. The molecular formula is C17H29ClN2. The zero-order chi connectivity index (χ0) is 15.0.